The first-order valence-corrected chi connectivity index (χ1v) is 6.50. The Morgan fingerprint density at radius 2 is 1.90 bits per heavy atom. The largest absolute Gasteiger partial charge is 0.480 e. The standard InChI is InChI=1S/C14H16N4O3/c1-9(2)12(14(20)21)15-13(19)11-8-18(17-16-11)10-6-4-3-5-7-10/h3-9,12H,1-2H3,(H,15,19)(H,20,21)/t12-/m0/s1. The van der Waals surface area contributed by atoms with Crippen LogP contribution in [0.5, 0.6) is 0 Å². The number of hydrogen-bond donors (Lipinski definition) is 2. The van der Waals surface area contributed by atoms with Crippen molar-refractivity contribution < 1.29 is 14.7 Å². The molecule has 0 radical (unpaired) electrons. The first-order valence-electron chi connectivity index (χ1n) is 6.50. The zero-order chi connectivity index (χ0) is 15.4. The average molecular weight is 288 g/mol. The summed E-state index contributed by atoms with van der Waals surface area (Å²) in [6.45, 7) is 3.44. The van der Waals surface area contributed by atoms with Gasteiger partial charge in [-0.3, -0.25) is 4.79 Å². The van der Waals surface area contributed by atoms with E-state index in [0.717, 1.165) is 5.69 Å². The molecule has 1 atom stereocenters. The molecule has 7 nitrogen and oxygen atoms in total. The van der Waals surface area contributed by atoms with Crippen LogP contribution >= 0.6 is 0 Å². The quantitative estimate of drug-likeness (QED) is 0.859. The SMILES string of the molecule is CC(C)[C@H](NC(=O)c1cn(-c2ccccc2)nn1)C(=O)O. The van der Waals surface area contributed by atoms with Crippen LogP contribution in [-0.4, -0.2) is 38.0 Å². The summed E-state index contributed by atoms with van der Waals surface area (Å²) in [7, 11) is 0. The maximum Gasteiger partial charge on any atom is 0.326 e. The first-order chi connectivity index (χ1) is 9.99. The van der Waals surface area contributed by atoms with E-state index in [1.165, 1.54) is 10.9 Å². The molecule has 0 aliphatic rings. The van der Waals surface area contributed by atoms with Gasteiger partial charge in [0.05, 0.1) is 11.9 Å². The Labute approximate surface area is 121 Å². The molecular weight excluding hydrogens is 272 g/mol. The van der Waals surface area contributed by atoms with E-state index in [-0.39, 0.29) is 11.6 Å². The molecule has 0 unspecified atom stereocenters. The second-order valence-electron chi connectivity index (χ2n) is 4.92. The minimum Gasteiger partial charge on any atom is -0.480 e. The van der Waals surface area contributed by atoms with E-state index in [0.29, 0.717) is 0 Å². The number of benzene rings is 1. The fourth-order valence-corrected chi connectivity index (χ4v) is 1.80. The van der Waals surface area contributed by atoms with Crippen LogP contribution in [0.3, 0.4) is 0 Å². The summed E-state index contributed by atoms with van der Waals surface area (Å²) in [5, 5.41) is 19.1. The van der Waals surface area contributed by atoms with Gasteiger partial charge in [0.25, 0.3) is 5.91 Å². The number of carbonyl (C=O) groups excluding carboxylic acids is 1. The summed E-state index contributed by atoms with van der Waals surface area (Å²) in [4.78, 5) is 23.1. The van der Waals surface area contributed by atoms with Crippen molar-refractivity contribution in [2.75, 3.05) is 0 Å². The van der Waals surface area contributed by atoms with Gasteiger partial charge >= 0.3 is 5.97 Å². The summed E-state index contributed by atoms with van der Waals surface area (Å²) >= 11 is 0. The molecule has 0 aliphatic heterocycles. The van der Waals surface area contributed by atoms with Crippen LogP contribution in [-0.2, 0) is 4.79 Å². The van der Waals surface area contributed by atoms with Crippen molar-refractivity contribution in [1.82, 2.24) is 20.3 Å². The van der Waals surface area contributed by atoms with Crippen molar-refractivity contribution in [3.63, 3.8) is 0 Å². The van der Waals surface area contributed by atoms with E-state index in [1.807, 2.05) is 30.3 Å². The number of carboxylic acid groups (broad SMARTS) is 1. The number of aliphatic carboxylic acids is 1. The van der Waals surface area contributed by atoms with E-state index < -0.39 is 17.9 Å². The van der Waals surface area contributed by atoms with E-state index in [1.54, 1.807) is 13.8 Å². The van der Waals surface area contributed by atoms with Crippen molar-refractivity contribution in [1.29, 1.82) is 0 Å². The van der Waals surface area contributed by atoms with E-state index in [9.17, 15) is 9.59 Å². The lowest BCUT2D eigenvalue weighted by Crippen LogP contribution is -2.44. The van der Waals surface area contributed by atoms with E-state index >= 15 is 0 Å². The topological polar surface area (TPSA) is 97.1 Å². The molecule has 0 saturated heterocycles. The van der Waals surface area contributed by atoms with Crippen molar-refractivity contribution in [3.8, 4) is 5.69 Å². The molecular formula is C14H16N4O3. The predicted octanol–water partition coefficient (Wildman–Crippen LogP) is 1.11. The number of nitrogens with one attached hydrogen (secondary N) is 1. The van der Waals surface area contributed by atoms with Crippen molar-refractivity contribution in [2.45, 2.75) is 19.9 Å². The number of nitrogens with zero attached hydrogens (tertiary/aromatic N) is 3. The third-order valence-electron chi connectivity index (χ3n) is 2.97. The minimum absolute atomic E-state index is 0.0748. The Kier molecular flexibility index (Phi) is 4.32. The van der Waals surface area contributed by atoms with Gasteiger partial charge in [-0.1, -0.05) is 37.3 Å². The van der Waals surface area contributed by atoms with Gasteiger partial charge in [0, 0.05) is 0 Å². The molecule has 1 heterocycles. The van der Waals surface area contributed by atoms with Crippen LogP contribution in [0.25, 0.3) is 5.69 Å². The third-order valence-corrected chi connectivity index (χ3v) is 2.97. The summed E-state index contributed by atoms with van der Waals surface area (Å²) < 4.78 is 1.46. The monoisotopic (exact) mass is 288 g/mol. The van der Waals surface area contributed by atoms with Crippen molar-refractivity contribution >= 4 is 11.9 Å². The summed E-state index contributed by atoms with van der Waals surface area (Å²) in [5.41, 5.74) is 0.841. The Morgan fingerprint density at radius 1 is 1.24 bits per heavy atom. The number of para-hydroxylation sites is 1. The molecule has 0 fully saturated rings. The lowest BCUT2D eigenvalue weighted by atomic mass is 10.0. The normalized spacial score (nSPS) is 12.1. The highest BCUT2D eigenvalue weighted by Crippen LogP contribution is 2.07. The molecule has 7 heteroatoms. The lowest BCUT2D eigenvalue weighted by molar-refractivity contribution is -0.140. The van der Waals surface area contributed by atoms with Crippen molar-refractivity contribution in [2.24, 2.45) is 5.92 Å². The molecule has 21 heavy (non-hydrogen) atoms. The highest BCUT2D eigenvalue weighted by Gasteiger charge is 2.25. The number of amides is 1. The maximum absolute atomic E-state index is 12.0. The summed E-state index contributed by atoms with van der Waals surface area (Å²) in [5.74, 6) is -1.86. The van der Waals surface area contributed by atoms with Crippen LogP contribution in [0.2, 0.25) is 0 Å². The number of aromatic nitrogens is 3. The maximum atomic E-state index is 12.0. The average Bonchev–Trinajstić information content (AvgIpc) is 2.94. The van der Waals surface area contributed by atoms with Gasteiger partial charge in [-0.25, -0.2) is 9.48 Å². The van der Waals surface area contributed by atoms with Crippen LogP contribution in [0.1, 0.15) is 24.3 Å². The molecule has 110 valence electrons. The van der Waals surface area contributed by atoms with Gasteiger partial charge in [-0.05, 0) is 18.1 Å². The number of carboxylic acids is 1. The molecule has 2 aromatic rings. The smallest absolute Gasteiger partial charge is 0.326 e. The summed E-state index contributed by atoms with van der Waals surface area (Å²) in [6.07, 6.45) is 1.46. The summed E-state index contributed by atoms with van der Waals surface area (Å²) in [6, 6.07) is 8.24. The zero-order valence-corrected chi connectivity index (χ0v) is 11.7. The number of rotatable bonds is 5. The Balaban J connectivity index is 2.14. The Bertz CT molecular complexity index is 637. The van der Waals surface area contributed by atoms with Crippen LogP contribution in [0.4, 0.5) is 0 Å². The predicted molar refractivity (Wildman–Crippen MR) is 75.1 cm³/mol. The van der Waals surface area contributed by atoms with Gasteiger partial charge in [0.15, 0.2) is 5.69 Å². The molecule has 0 spiro atoms. The molecule has 1 aromatic carbocycles. The molecule has 2 N–H and O–H groups in total. The minimum atomic E-state index is -1.08. The van der Waals surface area contributed by atoms with Gasteiger partial charge in [-0.2, -0.15) is 0 Å². The third kappa shape index (κ3) is 3.44. The fourth-order valence-electron chi connectivity index (χ4n) is 1.80. The molecule has 2 rings (SSSR count). The molecule has 0 bridgehead atoms. The molecule has 0 saturated carbocycles. The highest BCUT2D eigenvalue weighted by molar-refractivity contribution is 5.94. The lowest BCUT2D eigenvalue weighted by Gasteiger charge is -2.16. The Hall–Kier alpha value is -2.70. The number of hydrogen-bond acceptors (Lipinski definition) is 4. The van der Waals surface area contributed by atoms with Crippen molar-refractivity contribution in [3.05, 3.63) is 42.2 Å². The second-order valence-corrected chi connectivity index (χ2v) is 4.92. The van der Waals surface area contributed by atoms with Gasteiger partial charge in [0.1, 0.15) is 6.04 Å². The van der Waals surface area contributed by atoms with Crippen LogP contribution in [0, 0.1) is 5.92 Å². The highest BCUT2D eigenvalue weighted by atomic mass is 16.4. The number of carbonyl (C=O) groups is 2. The first kappa shape index (κ1) is 14.7. The molecule has 1 aromatic heterocycles. The van der Waals surface area contributed by atoms with Gasteiger partial charge < -0.3 is 10.4 Å². The van der Waals surface area contributed by atoms with Crippen LogP contribution in [0.15, 0.2) is 36.5 Å². The van der Waals surface area contributed by atoms with E-state index in [4.69, 9.17) is 5.11 Å². The Morgan fingerprint density at radius 3 is 2.48 bits per heavy atom. The zero-order valence-electron chi connectivity index (χ0n) is 11.7. The van der Waals surface area contributed by atoms with Gasteiger partial charge in [0.2, 0.25) is 0 Å². The molecule has 1 amide bonds. The molecule has 0 aliphatic carbocycles. The fraction of sp³-hybridized carbons (Fsp3) is 0.286. The van der Waals surface area contributed by atoms with Gasteiger partial charge in [-0.15, -0.1) is 5.10 Å². The second kappa shape index (κ2) is 6.17. The van der Waals surface area contributed by atoms with Crippen LogP contribution < -0.4 is 5.32 Å². The van der Waals surface area contributed by atoms with E-state index in [2.05, 4.69) is 15.6 Å².